The summed E-state index contributed by atoms with van der Waals surface area (Å²) in [4.78, 5) is 44.8. The Hall–Kier alpha value is -3.83. The minimum absolute atomic E-state index is 0.0812. The van der Waals surface area contributed by atoms with Gasteiger partial charge in [0.05, 0.1) is 28.1 Å². The molecule has 4 aliphatic rings. The molecule has 0 spiro atoms. The molecule has 43 heavy (non-hydrogen) atoms. The van der Waals surface area contributed by atoms with E-state index in [0.29, 0.717) is 17.9 Å². The standard InChI is InChI=1S/C32H23F3N2O4S2/c33-32(34,35)20-11-4-5-12-21(20)37-29(38)24-18-14-19(25(24)30(37)39)26-23(18)22(27-28(42-26)36-31(40)43-27)15-7-6-10-17(13-15)41-16-8-2-1-3-9-16/h1-13,18-19,22-26H,14H2,(H,36,40)/t18-,19-,22+,23+,24+,25+,26-/m1/s1. The number of ether oxygens (including phenoxy) is 1. The van der Waals surface area contributed by atoms with E-state index in [4.69, 9.17) is 4.74 Å². The van der Waals surface area contributed by atoms with E-state index in [1.165, 1.54) is 30.0 Å². The molecule has 6 nitrogen and oxygen atoms in total. The van der Waals surface area contributed by atoms with Crippen molar-refractivity contribution in [2.45, 2.75) is 28.8 Å². The molecule has 3 aromatic carbocycles. The number of anilines is 1. The number of carbonyl (C=O) groups excluding carboxylic acids is 2. The third-order valence-corrected chi connectivity index (χ3v) is 12.0. The van der Waals surface area contributed by atoms with Crippen LogP contribution in [0.15, 0.2) is 88.7 Å². The quantitative estimate of drug-likeness (QED) is 0.251. The highest BCUT2D eigenvalue weighted by atomic mass is 32.2. The zero-order valence-electron chi connectivity index (χ0n) is 22.3. The summed E-state index contributed by atoms with van der Waals surface area (Å²) in [6, 6.07) is 21.9. The lowest BCUT2D eigenvalue weighted by Gasteiger charge is -2.43. The predicted octanol–water partition coefficient (Wildman–Crippen LogP) is 6.93. The highest BCUT2D eigenvalue weighted by Crippen LogP contribution is 2.69. The molecule has 2 saturated carbocycles. The summed E-state index contributed by atoms with van der Waals surface area (Å²) >= 11 is 2.68. The van der Waals surface area contributed by atoms with Gasteiger partial charge < -0.3 is 9.72 Å². The maximum Gasteiger partial charge on any atom is 0.418 e. The number of hydrogen-bond acceptors (Lipinski definition) is 6. The van der Waals surface area contributed by atoms with E-state index in [0.717, 1.165) is 37.8 Å². The van der Waals surface area contributed by atoms with Crippen LogP contribution in [0.25, 0.3) is 0 Å². The van der Waals surface area contributed by atoms with Gasteiger partial charge in [-0.3, -0.25) is 14.4 Å². The molecule has 2 aliphatic carbocycles. The van der Waals surface area contributed by atoms with E-state index in [2.05, 4.69) is 4.98 Å². The fraction of sp³-hybridized carbons (Fsp3) is 0.281. The molecule has 8 rings (SSSR count). The molecule has 0 unspecified atom stereocenters. The number of aromatic nitrogens is 1. The third-order valence-electron chi connectivity index (χ3n) is 9.37. The SMILES string of the molecule is O=C1[C@H]2[C@H]3C[C@@H]([C@@H]2C(=O)N1c1ccccc1C(F)(F)F)[C@H]1[C@H](c2cccc(Oc4ccccc4)c2)c2sc(=O)[nH]c2S[C@H]31. The van der Waals surface area contributed by atoms with Crippen LogP contribution in [-0.2, 0) is 15.8 Å². The Labute approximate surface area is 251 Å². The van der Waals surface area contributed by atoms with Crippen molar-refractivity contribution in [3.05, 3.63) is 105 Å². The van der Waals surface area contributed by atoms with E-state index in [-0.39, 0.29) is 33.8 Å². The lowest BCUT2D eigenvalue weighted by molar-refractivity contribution is -0.137. The summed E-state index contributed by atoms with van der Waals surface area (Å²) in [5.74, 6) is -1.94. The van der Waals surface area contributed by atoms with Gasteiger partial charge in [0.25, 0.3) is 0 Å². The van der Waals surface area contributed by atoms with Gasteiger partial charge in [-0.1, -0.05) is 53.8 Å². The van der Waals surface area contributed by atoms with Crippen molar-refractivity contribution < 1.29 is 27.5 Å². The maximum atomic E-state index is 13.9. The number of carbonyl (C=O) groups is 2. The molecule has 1 aromatic heterocycles. The van der Waals surface area contributed by atoms with Crippen LogP contribution >= 0.6 is 23.1 Å². The van der Waals surface area contributed by atoms with Crippen molar-refractivity contribution in [2.75, 3.05) is 4.90 Å². The number of thiazole rings is 1. The van der Waals surface area contributed by atoms with Gasteiger partial charge in [-0.2, -0.15) is 13.2 Å². The van der Waals surface area contributed by atoms with E-state index >= 15 is 0 Å². The second-order valence-corrected chi connectivity index (χ2v) is 13.7. The number of nitrogens with zero attached hydrogens (tertiary/aromatic N) is 1. The molecule has 0 radical (unpaired) electrons. The molecule has 3 fully saturated rings. The molecule has 2 aliphatic heterocycles. The van der Waals surface area contributed by atoms with Crippen LogP contribution < -0.4 is 14.5 Å². The molecular weight excluding hydrogens is 597 g/mol. The fourth-order valence-electron chi connectivity index (χ4n) is 7.93. The van der Waals surface area contributed by atoms with Crippen LogP contribution in [0.4, 0.5) is 18.9 Å². The number of aromatic amines is 1. The lowest BCUT2D eigenvalue weighted by atomic mass is 9.68. The molecule has 1 saturated heterocycles. The van der Waals surface area contributed by atoms with Crippen molar-refractivity contribution in [1.29, 1.82) is 0 Å². The number of hydrogen-bond donors (Lipinski definition) is 1. The van der Waals surface area contributed by atoms with Crippen LogP contribution in [-0.4, -0.2) is 22.0 Å². The number of alkyl halides is 3. The Morgan fingerprint density at radius 1 is 0.837 bits per heavy atom. The van der Waals surface area contributed by atoms with Gasteiger partial charge in [-0.25, -0.2) is 4.90 Å². The monoisotopic (exact) mass is 620 g/mol. The number of halogens is 3. The molecular formula is C32H23F3N2O4S2. The number of para-hydroxylation sites is 2. The highest BCUT2D eigenvalue weighted by molar-refractivity contribution is 8.00. The van der Waals surface area contributed by atoms with Gasteiger partial charge in [-0.15, -0.1) is 11.8 Å². The van der Waals surface area contributed by atoms with Gasteiger partial charge in [0.1, 0.15) is 11.5 Å². The van der Waals surface area contributed by atoms with E-state index in [1.54, 1.807) is 0 Å². The summed E-state index contributed by atoms with van der Waals surface area (Å²) in [5.41, 5.74) is -0.468. The van der Waals surface area contributed by atoms with E-state index < -0.39 is 41.1 Å². The summed E-state index contributed by atoms with van der Waals surface area (Å²) in [6.45, 7) is 0. The summed E-state index contributed by atoms with van der Waals surface area (Å²) < 4.78 is 47.9. The second-order valence-electron chi connectivity index (χ2n) is 11.5. The van der Waals surface area contributed by atoms with Crippen molar-refractivity contribution in [1.82, 2.24) is 4.98 Å². The first kappa shape index (κ1) is 26.8. The zero-order valence-corrected chi connectivity index (χ0v) is 23.9. The van der Waals surface area contributed by atoms with E-state index in [9.17, 15) is 27.6 Å². The minimum Gasteiger partial charge on any atom is -0.457 e. The molecule has 4 aromatic rings. The molecule has 3 heterocycles. The summed E-state index contributed by atoms with van der Waals surface area (Å²) in [5, 5.41) is 0.679. The Bertz CT molecular complexity index is 1840. The number of H-pyrrole nitrogens is 1. The molecule has 2 bridgehead atoms. The third kappa shape index (κ3) is 4.04. The van der Waals surface area contributed by atoms with Gasteiger partial charge >= 0.3 is 11.0 Å². The Kier molecular flexibility index (Phi) is 5.97. The van der Waals surface area contributed by atoms with E-state index in [1.807, 2.05) is 54.6 Å². The number of benzene rings is 3. The average Bonchev–Trinajstić information content (AvgIpc) is 3.72. The minimum atomic E-state index is -4.71. The van der Waals surface area contributed by atoms with Crippen molar-refractivity contribution in [3.8, 4) is 11.5 Å². The summed E-state index contributed by atoms with van der Waals surface area (Å²) in [7, 11) is 0. The van der Waals surface area contributed by atoms with Crippen molar-refractivity contribution in [2.24, 2.45) is 29.6 Å². The van der Waals surface area contributed by atoms with Crippen LogP contribution in [0.3, 0.4) is 0 Å². The first-order chi connectivity index (χ1) is 20.7. The second kappa shape index (κ2) is 9.59. The van der Waals surface area contributed by atoms with Gasteiger partial charge in [0.15, 0.2) is 0 Å². The number of amides is 2. The Morgan fingerprint density at radius 2 is 1.53 bits per heavy atom. The molecule has 2 amide bonds. The largest absolute Gasteiger partial charge is 0.457 e. The molecule has 11 heteroatoms. The Morgan fingerprint density at radius 3 is 2.30 bits per heavy atom. The highest BCUT2D eigenvalue weighted by Gasteiger charge is 2.70. The number of imide groups is 1. The molecule has 218 valence electrons. The van der Waals surface area contributed by atoms with Crippen LogP contribution in [0.5, 0.6) is 11.5 Å². The number of thioether (sulfide) groups is 1. The average molecular weight is 621 g/mol. The van der Waals surface area contributed by atoms with Gasteiger partial charge in [-0.05, 0) is 66.1 Å². The number of rotatable bonds is 4. The summed E-state index contributed by atoms with van der Waals surface area (Å²) in [6.07, 6.45) is -4.07. The fourth-order valence-corrected chi connectivity index (χ4v) is 10.8. The van der Waals surface area contributed by atoms with Crippen molar-refractivity contribution >= 4 is 40.6 Å². The first-order valence-corrected chi connectivity index (χ1v) is 15.7. The van der Waals surface area contributed by atoms with Gasteiger partial charge in [0, 0.05) is 16.0 Å². The predicted molar refractivity (Wildman–Crippen MR) is 155 cm³/mol. The lowest BCUT2D eigenvalue weighted by Crippen LogP contribution is -2.42. The smallest absolute Gasteiger partial charge is 0.418 e. The number of nitrogens with one attached hydrogen (secondary N) is 1. The van der Waals surface area contributed by atoms with Crippen LogP contribution in [0.1, 0.15) is 28.3 Å². The van der Waals surface area contributed by atoms with Gasteiger partial charge in [0.2, 0.25) is 11.8 Å². The normalized spacial score (nSPS) is 29.0. The molecule has 1 N–H and O–H groups in total. The van der Waals surface area contributed by atoms with Crippen molar-refractivity contribution in [3.63, 3.8) is 0 Å². The maximum absolute atomic E-state index is 13.9. The Balaban J connectivity index is 1.19. The van der Waals surface area contributed by atoms with Crippen LogP contribution in [0, 0.1) is 29.6 Å². The molecule has 7 atom stereocenters. The topological polar surface area (TPSA) is 79.5 Å². The van der Waals surface area contributed by atoms with Crippen LogP contribution in [0.2, 0.25) is 0 Å². The first-order valence-electron chi connectivity index (χ1n) is 14.0. The zero-order chi connectivity index (χ0) is 29.6. The number of fused-ring (bicyclic) bond motifs is 9.